The lowest BCUT2D eigenvalue weighted by molar-refractivity contribution is 0.354. The number of methoxy groups -OCH3 is 2. The lowest BCUT2D eigenvalue weighted by Crippen LogP contribution is -2.32. The molecule has 1 rings (SSSR count). The minimum atomic E-state index is 0.540. The van der Waals surface area contributed by atoms with Gasteiger partial charge in [-0.3, -0.25) is 5.43 Å². The number of nitrogens with zero attached hydrogens (tertiary/aromatic N) is 1. The minimum absolute atomic E-state index is 0.540. The number of rotatable bonds is 19. The van der Waals surface area contributed by atoms with E-state index in [0.717, 1.165) is 18.5 Å². The highest BCUT2D eigenvalue weighted by Gasteiger charge is 2.07. The zero-order valence-corrected chi connectivity index (χ0v) is 21.4. The molecule has 0 aliphatic carbocycles. The van der Waals surface area contributed by atoms with Gasteiger partial charge >= 0.3 is 0 Å². The van der Waals surface area contributed by atoms with Gasteiger partial charge in [-0.25, -0.2) is 0 Å². The molecule has 0 aromatic heterocycles. The second kappa shape index (κ2) is 19.8. The fraction of sp³-hybridized carbons (Fsp3) is 0.692. The number of ether oxygens (including phenoxy) is 2. The summed E-state index contributed by atoms with van der Waals surface area (Å²) in [7, 11) is 3.23. The zero-order chi connectivity index (χ0) is 23.3. The predicted molar refractivity (Wildman–Crippen MR) is 141 cm³/mol. The third-order valence-electron chi connectivity index (χ3n) is 5.62. The van der Waals surface area contributed by atoms with Crippen LogP contribution in [0.2, 0.25) is 0 Å². The summed E-state index contributed by atoms with van der Waals surface area (Å²) in [4.78, 5) is 0. The Hall–Kier alpha value is -1.82. The molecule has 0 aliphatic heterocycles. The maximum atomic E-state index is 5.39. The first kappa shape index (κ1) is 28.2. The summed E-state index contributed by atoms with van der Waals surface area (Å²) in [6.45, 7) is 3.16. The number of para-hydroxylation sites is 1. The lowest BCUT2D eigenvalue weighted by Gasteiger charge is -2.10. The Morgan fingerprint density at radius 2 is 1.41 bits per heavy atom. The minimum Gasteiger partial charge on any atom is -0.493 e. The maximum Gasteiger partial charge on any atom is 0.186 e. The molecule has 0 aliphatic rings. The van der Waals surface area contributed by atoms with Crippen LogP contribution in [-0.2, 0) is 0 Å². The summed E-state index contributed by atoms with van der Waals surface area (Å²) in [5, 5.41) is 7.95. The molecule has 0 amide bonds. The molecular formula is C26H45N3O2S. The Bertz CT molecular complexity index is 637. The van der Waals surface area contributed by atoms with Crippen LogP contribution in [0.1, 0.15) is 102 Å². The van der Waals surface area contributed by atoms with Crippen molar-refractivity contribution in [3.8, 4) is 11.5 Å². The number of unbranched alkanes of at least 4 members (excludes halogenated alkanes) is 13. The van der Waals surface area contributed by atoms with E-state index in [1.807, 2.05) is 18.2 Å². The van der Waals surface area contributed by atoms with Gasteiger partial charge in [-0.2, -0.15) is 5.10 Å². The molecular weight excluding hydrogens is 418 g/mol. The van der Waals surface area contributed by atoms with E-state index in [9.17, 15) is 0 Å². The van der Waals surface area contributed by atoms with Crippen molar-refractivity contribution in [2.24, 2.45) is 5.10 Å². The monoisotopic (exact) mass is 463 g/mol. The van der Waals surface area contributed by atoms with Crippen LogP contribution >= 0.6 is 12.2 Å². The molecule has 0 bridgehead atoms. The maximum absolute atomic E-state index is 5.39. The quantitative estimate of drug-likeness (QED) is 0.100. The Kier molecular flexibility index (Phi) is 17.5. The highest BCUT2D eigenvalue weighted by atomic mass is 32.1. The van der Waals surface area contributed by atoms with Crippen LogP contribution < -0.4 is 20.2 Å². The van der Waals surface area contributed by atoms with Gasteiger partial charge in [-0.05, 0) is 30.8 Å². The van der Waals surface area contributed by atoms with Gasteiger partial charge in [0.05, 0.1) is 20.4 Å². The second-order valence-electron chi connectivity index (χ2n) is 8.30. The van der Waals surface area contributed by atoms with E-state index in [1.165, 1.54) is 83.5 Å². The second-order valence-corrected chi connectivity index (χ2v) is 8.71. The van der Waals surface area contributed by atoms with Gasteiger partial charge in [0.25, 0.3) is 0 Å². The first-order valence-electron chi connectivity index (χ1n) is 12.5. The summed E-state index contributed by atoms with van der Waals surface area (Å²) < 4.78 is 10.7. The largest absolute Gasteiger partial charge is 0.493 e. The summed E-state index contributed by atoms with van der Waals surface area (Å²) in [5.74, 6) is 1.33. The molecule has 0 fully saturated rings. The number of benzene rings is 1. The molecule has 5 nitrogen and oxygen atoms in total. The summed E-state index contributed by atoms with van der Waals surface area (Å²) >= 11 is 5.29. The first-order chi connectivity index (χ1) is 15.7. The van der Waals surface area contributed by atoms with E-state index in [1.54, 1.807) is 20.4 Å². The van der Waals surface area contributed by atoms with Gasteiger partial charge in [-0.15, -0.1) is 0 Å². The molecule has 32 heavy (non-hydrogen) atoms. The lowest BCUT2D eigenvalue weighted by atomic mass is 10.0. The SMILES string of the molecule is CCCCCCCCCCCCCCCCNC(=S)N/N=C/c1cccc(OC)c1OC. The van der Waals surface area contributed by atoms with Crippen LogP contribution in [0.4, 0.5) is 0 Å². The molecule has 6 heteroatoms. The molecule has 0 atom stereocenters. The topological polar surface area (TPSA) is 54.9 Å². The third-order valence-corrected chi connectivity index (χ3v) is 5.85. The number of thiocarbonyl (C=S) groups is 1. The van der Waals surface area contributed by atoms with E-state index in [2.05, 4.69) is 22.8 Å². The van der Waals surface area contributed by atoms with Gasteiger partial charge in [0, 0.05) is 12.1 Å². The fourth-order valence-corrected chi connectivity index (χ4v) is 3.89. The summed E-state index contributed by atoms with van der Waals surface area (Å²) in [6.07, 6.45) is 20.8. The normalized spacial score (nSPS) is 11.0. The van der Waals surface area contributed by atoms with Gasteiger partial charge in [0.15, 0.2) is 16.6 Å². The van der Waals surface area contributed by atoms with Crippen LogP contribution in [0.5, 0.6) is 11.5 Å². The number of hydrazone groups is 1. The number of nitrogens with one attached hydrogen (secondary N) is 2. The Labute approximate surface area is 201 Å². The molecule has 2 N–H and O–H groups in total. The fourth-order valence-electron chi connectivity index (χ4n) is 3.74. The molecule has 0 saturated heterocycles. The van der Waals surface area contributed by atoms with Crippen molar-refractivity contribution >= 4 is 23.5 Å². The standard InChI is InChI=1S/C26H45N3O2S/c1-4-5-6-7-8-9-10-11-12-13-14-15-16-17-21-27-26(32)29-28-22-23-19-18-20-24(30-2)25(23)31-3/h18-20,22H,4-17,21H2,1-3H3,(H2,27,29,32)/b28-22+. The molecule has 0 unspecified atom stereocenters. The van der Waals surface area contributed by atoms with Crippen LogP contribution in [0, 0.1) is 0 Å². The van der Waals surface area contributed by atoms with Gasteiger partial charge in [0.2, 0.25) is 0 Å². The van der Waals surface area contributed by atoms with Crippen molar-refractivity contribution in [1.82, 2.24) is 10.7 Å². The van der Waals surface area contributed by atoms with E-state index < -0.39 is 0 Å². The van der Waals surface area contributed by atoms with Gasteiger partial charge in [-0.1, -0.05) is 96.5 Å². The Balaban J connectivity index is 1.98. The molecule has 0 saturated carbocycles. The molecule has 182 valence electrons. The molecule has 1 aromatic carbocycles. The van der Waals surface area contributed by atoms with Crippen molar-refractivity contribution in [3.63, 3.8) is 0 Å². The number of hydrogen-bond donors (Lipinski definition) is 2. The van der Waals surface area contributed by atoms with E-state index in [0.29, 0.717) is 16.6 Å². The smallest absolute Gasteiger partial charge is 0.186 e. The first-order valence-corrected chi connectivity index (χ1v) is 12.9. The highest BCUT2D eigenvalue weighted by molar-refractivity contribution is 7.80. The molecule has 0 spiro atoms. The van der Waals surface area contributed by atoms with Crippen molar-refractivity contribution in [3.05, 3.63) is 23.8 Å². The Morgan fingerprint density at radius 1 is 0.844 bits per heavy atom. The van der Waals surface area contributed by atoms with Crippen molar-refractivity contribution in [1.29, 1.82) is 0 Å². The zero-order valence-electron chi connectivity index (χ0n) is 20.6. The highest BCUT2D eigenvalue weighted by Crippen LogP contribution is 2.29. The summed E-state index contributed by atoms with van der Waals surface area (Å²) in [6, 6.07) is 5.67. The van der Waals surface area contributed by atoms with Crippen LogP contribution in [0.15, 0.2) is 23.3 Å². The van der Waals surface area contributed by atoms with E-state index in [4.69, 9.17) is 21.7 Å². The number of hydrogen-bond acceptors (Lipinski definition) is 4. The van der Waals surface area contributed by atoms with Gasteiger partial charge in [0.1, 0.15) is 0 Å². The van der Waals surface area contributed by atoms with Crippen LogP contribution in [-0.4, -0.2) is 32.1 Å². The van der Waals surface area contributed by atoms with Crippen LogP contribution in [0.25, 0.3) is 0 Å². The third kappa shape index (κ3) is 13.6. The predicted octanol–water partition coefficient (Wildman–Crippen LogP) is 6.98. The average Bonchev–Trinajstić information content (AvgIpc) is 2.81. The van der Waals surface area contributed by atoms with Crippen molar-refractivity contribution < 1.29 is 9.47 Å². The van der Waals surface area contributed by atoms with E-state index in [-0.39, 0.29) is 0 Å². The van der Waals surface area contributed by atoms with E-state index >= 15 is 0 Å². The Morgan fingerprint density at radius 3 is 1.94 bits per heavy atom. The van der Waals surface area contributed by atoms with Crippen molar-refractivity contribution in [2.75, 3.05) is 20.8 Å². The van der Waals surface area contributed by atoms with Gasteiger partial charge < -0.3 is 14.8 Å². The molecule has 1 aromatic rings. The molecule has 0 heterocycles. The molecule has 0 radical (unpaired) electrons. The van der Waals surface area contributed by atoms with Crippen molar-refractivity contribution in [2.45, 2.75) is 96.8 Å². The summed E-state index contributed by atoms with van der Waals surface area (Å²) in [5.41, 5.74) is 3.69. The average molecular weight is 464 g/mol. The van der Waals surface area contributed by atoms with Crippen LogP contribution in [0.3, 0.4) is 0 Å².